The highest BCUT2D eigenvalue weighted by atomic mass is 16.2. The number of benzene rings is 2. The van der Waals surface area contributed by atoms with E-state index in [0.29, 0.717) is 22.2 Å². The third kappa shape index (κ3) is 1.62. The number of nitrogen functional groups attached to an aromatic ring is 1. The lowest BCUT2D eigenvalue weighted by atomic mass is 9.92. The lowest BCUT2D eigenvalue weighted by molar-refractivity contribution is 0.0542. The molecule has 4 heteroatoms. The van der Waals surface area contributed by atoms with Crippen LogP contribution in [-0.2, 0) is 0 Å². The van der Waals surface area contributed by atoms with E-state index >= 15 is 0 Å². The third-order valence-electron chi connectivity index (χ3n) is 4.66. The molecule has 0 atom stereocenters. The predicted octanol–water partition coefficient (Wildman–Crippen LogP) is 2.96. The van der Waals surface area contributed by atoms with Crippen molar-refractivity contribution < 1.29 is 9.59 Å². The molecule has 4 nitrogen and oxygen atoms in total. The molecule has 106 valence electrons. The fraction of sp³-hybridized carbons (Fsp3) is 0.294. The number of carbonyl (C=O) groups is 2. The van der Waals surface area contributed by atoms with Crippen LogP contribution >= 0.6 is 0 Å². The molecule has 0 unspecified atom stereocenters. The number of carbonyl (C=O) groups excluding carboxylic acids is 2. The summed E-state index contributed by atoms with van der Waals surface area (Å²) in [6.07, 6.45) is 4.00. The lowest BCUT2D eigenvalue weighted by Crippen LogP contribution is -2.46. The largest absolute Gasteiger partial charge is 0.398 e. The molecule has 0 aromatic heterocycles. The average Bonchev–Trinajstić information content (AvgIpc) is 3.00. The Hall–Kier alpha value is -2.36. The highest BCUT2D eigenvalue weighted by Crippen LogP contribution is 2.36. The summed E-state index contributed by atoms with van der Waals surface area (Å²) >= 11 is 0. The molecule has 2 amide bonds. The zero-order chi connectivity index (χ0) is 14.6. The van der Waals surface area contributed by atoms with Gasteiger partial charge in [-0.25, -0.2) is 0 Å². The molecular weight excluding hydrogens is 264 g/mol. The zero-order valence-electron chi connectivity index (χ0n) is 11.6. The number of hydrogen-bond donors (Lipinski definition) is 1. The number of hydrogen-bond acceptors (Lipinski definition) is 3. The van der Waals surface area contributed by atoms with Gasteiger partial charge in [-0.3, -0.25) is 14.5 Å². The maximum Gasteiger partial charge on any atom is 0.261 e. The summed E-state index contributed by atoms with van der Waals surface area (Å²) in [4.78, 5) is 27.0. The normalized spacial score (nSPS) is 18.8. The summed E-state index contributed by atoms with van der Waals surface area (Å²) < 4.78 is 0. The van der Waals surface area contributed by atoms with Crippen molar-refractivity contribution in [3.8, 4) is 0 Å². The van der Waals surface area contributed by atoms with Crippen molar-refractivity contribution >= 4 is 28.3 Å². The van der Waals surface area contributed by atoms with Crippen LogP contribution in [-0.4, -0.2) is 22.8 Å². The minimum Gasteiger partial charge on any atom is -0.398 e. The Morgan fingerprint density at radius 2 is 1.62 bits per heavy atom. The third-order valence-corrected chi connectivity index (χ3v) is 4.66. The molecule has 2 N–H and O–H groups in total. The first-order chi connectivity index (χ1) is 10.2. The SMILES string of the molecule is Nc1ccc2c3c(cccc13)C(=O)N(C1CCCC1)C2=O. The van der Waals surface area contributed by atoms with Crippen molar-refractivity contribution in [2.24, 2.45) is 0 Å². The summed E-state index contributed by atoms with van der Waals surface area (Å²) in [7, 11) is 0. The van der Waals surface area contributed by atoms with Crippen LogP contribution in [0.15, 0.2) is 30.3 Å². The van der Waals surface area contributed by atoms with Gasteiger partial charge in [0.25, 0.3) is 11.8 Å². The second-order valence-corrected chi connectivity index (χ2v) is 5.85. The number of nitrogens with zero attached hydrogens (tertiary/aromatic N) is 1. The molecule has 1 aliphatic heterocycles. The van der Waals surface area contributed by atoms with Gasteiger partial charge in [0.2, 0.25) is 0 Å². The molecular formula is C17H16N2O2. The van der Waals surface area contributed by atoms with Crippen LogP contribution < -0.4 is 5.73 Å². The van der Waals surface area contributed by atoms with E-state index in [1.807, 2.05) is 12.1 Å². The molecule has 1 heterocycles. The molecule has 1 aliphatic carbocycles. The fourth-order valence-electron chi connectivity index (χ4n) is 3.63. The minimum absolute atomic E-state index is 0.0472. The molecule has 21 heavy (non-hydrogen) atoms. The first-order valence-electron chi connectivity index (χ1n) is 7.37. The molecule has 0 bridgehead atoms. The van der Waals surface area contributed by atoms with E-state index in [-0.39, 0.29) is 17.9 Å². The standard InChI is InChI=1S/C17H16N2O2/c18-14-9-8-13-15-11(14)6-3-7-12(15)16(20)19(17(13)21)10-4-1-2-5-10/h3,6-10H,1-2,4-5,18H2. The molecule has 2 aromatic carbocycles. The van der Waals surface area contributed by atoms with E-state index < -0.39 is 0 Å². The minimum atomic E-state index is -0.171. The lowest BCUT2D eigenvalue weighted by Gasteiger charge is -2.31. The second kappa shape index (κ2) is 4.32. The maximum atomic E-state index is 12.8. The number of amides is 2. The number of rotatable bonds is 1. The van der Waals surface area contributed by atoms with Gasteiger partial charge < -0.3 is 5.73 Å². The Balaban J connectivity index is 1.97. The number of anilines is 1. The van der Waals surface area contributed by atoms with Gasteiger partial charge in [0.15, 0.2) is 0 Å². The molecule has 1 fully saturated rings. The Kier molecular flexibility index (Phi) is 2.55. The van der Waals surface area contributed by atoms with Crippen LogP contribution in [0.5, 0.6) is 0 Å². The number of nitrogens with two attached hydrogens (primary N) is 1. The van der Waals surface area contributed by atoms with E-state index in [1.165, 1.54) is 4.90 Å². The van der Waals surface area contributed by atoms with Gasteiger partial charge in [0.1, 0.15) is 0 Å². The monoisotopic (exact) mass is 280 g/mol. The van der Waals surface area contributed by atoms with Crippen molar-refractivity contribution in [1.82, 2.24) is 4.90 Å². The van der Waals surface area contributed by atoms with Crippen molar-refractivity contribution in [2.45, 2.75) is 31.7 Å². The van der Waals surface area contributed by atoms with E-state index in [0.717, 1.165) is 31.1 Å². The summed E-state index contributed by atoms with van der Waals surface area (Å²) in [5.74, 6) is -0.341. The van der Waals surface area contributed by atoms with Crippen LogP contribution in [0.2, 0.25) is 0 Å². The van der Waals surface area contributed by atoms with Gasteiger partial charge in [0, 0.05) is 33.6 Å². The summed E-state index contributed by atoms with van der Waals surface area (Å²) in [5, 5.41) is 1.50. The van der Waals surface area contributed by atoms with E-state index in [1.54, 1.807) is 18.2 Å². The Morgan fingerprint density at radius 3 is 2.33 bits per heavy atom. The summed E-state index contributed by atoms with van der Waals surface area (Å²) in [5.41, 5.74) is 7.78. The Labute approximate surface area is 122 Å². The molecule has 2 aliphatic rings. The van der Waals surface area contributed by atoms with Crippen molar-refractivity contribution in [1.29, 1.82) is 0 Å². The van der Waals surface area contributed by atoms with Crippen LogP contribution in [0.3, 0.4) is 0 Å². The molecule has 0 spiro atoms. The first kappa shape index (κ1) is 12.4. The maximum absolute atomic E-state index is 12.8. The van der Waals surface area contributed by atoms with E-state index in [2.05, 4.69) is 0 Å². The Bertz CT molecular complexity index is 753. The highest BCUT2D eigenvalue weighted by molar-refractivity contribution is 6.26. The molecule has 1 saturated carbocycles. The second-order valence-electron chi connectivity index (χ2n) is 5.85. The number of imide groups is 1. The summed E-state index contributed by atoms with van der Waals surface area (Å²) in [6.45, 7) is 0. The van der Waals surface area contributed by atoms with Gasteiger partial charge in [0.05, 0.1) is 0 Å². The van der Waals surface area contributed by atoms with Crippen LogP contribution in [0.25, 0.3) is 10.8 Å². The fourth-order valence-corrected chi connectivity index (χ4v) is 3.63. The van der Waals surface area contributed by atoms with E-state index in [9.17, 15) is 9.59 Å². The van der Waals surface area contributed by atoms with Crippen LogP contribution in [0.1, 0.15) is 46.4 Å². The van der Waals surface area contributed by atoms with Crippen LogP contribution in [0, 0.1) is 0 Å². The quantitative estimate of drug-likeness (QED) is 0.645. The van der Waals surface area contributed by atoms with Gasteiger partial charge >= 0.3 is 0 Å². The van der Waals surface area contributed by atoms with Gasteiger partial charge in [-0.05, 0) is 31.0 Å². The van der Waals surface area contributed by atoms with Crippen molar-refractivity contribution in [3.63, 3.8) is 0 Å². The smallest absolute Gasteiger partial charge is 0.261 e. The summed E-state index contributed by atoms with van der Waals surface area (Å²) in [6, 6.07) is 9.04. The van der Waals surface area contributed by atoms with Gasteiger partial charge in [-0.2, -0.15) is 0 Å². The van der Waals surface area contributed by atoms with Crippen LogP contribution in [0.4, 0.5) is 5.69 Å². The molecule has 0 radical (unpaired) electrons. The highest BCUT2D eigenvalue weighted by Gasteiger charge is 2.38. The average molecular weight is 280 g/mol. The topological polar surface area (TPSA) is 63.4 Å². The van der Waals surface area contributed by atoms with Gasteiger partial charge in [-0.15, -0.1) is 0 Å². The molecule has 0 saturated heterocycles. The van der Waals surface area contributed by atoms with E-state index in [4.69, 9.17) is 5.73 Å². The zero-order valence-corrected chi connectivity index (χ0v) is 11.6. The molecule has 4 rings (SSSR count). The van der Waals surface area contributed by atoms with Crippen molar-refractivity contribution in [3.05, 3.63) is 41.5 Å². The first-order valence-corrected chi connectivity index (χ1v) is 7.37. The Morgan fingerprint density at radius 1 is 0.952 bits per heavy atom. The van der Waals surface area contributed by atoms with Gasteiger partial charge in [-0.1, -0.05) is 25.0 Å². The van der Waals surface area contributed by atoms with Crippen molar-refractivity contribution in [2.75, 3.05) is 5.73 Å². The molecule has 2 aromatic rings. The predicted molar refractivity (Wildman–Crippen MR) is 81.1 cm³/mol.